The standard InChI is InChI=1S/C16H18BrNO/c1-8-6-11(4-5-12(8)17)16(19)18-15-13-9-2-3-10(7-9)14(13)15/h4-6,9-10,13-15H,2-3,7H2,1H3,(H,18,19). The molecule has 3 heteroatoms. The average molecular weight is 320 g/mol. The molecule has 0 heterocycles. The Balaban J connectivity index is 1.46. The van der Waals surface area contributed by atoms with E-state index in [2.05, 4.69) is 21.2 Å². The summed E-state index contributed by atoms with van der Waals surface area (Å²) in [6, 6.07) is 6.30. The predicted molar refractivity (Wildman–Crippen MR) is 77.9 cm³/mol. The van der Waals surface area contributed by atoms with Crippen molar-refractivity contribution in [3.05, 3.63) is 33.8 Å². The smallest absolute Gasteiger partial charge is 0.251 e. The maximum absolute atomic E-state index is 12.3. The third kappa shape index (κ3) is 1.78. The van der Waals surface area contributed by atoms with Gasteiger partial charge in [0.05, 0.1) is 0 Å². The lowest BCUT2D eigenvalue weighted by Gasteiger charge is -2.11. The molecular weight excluding hydrogens is 302 g/mol. The molecule has 0 spiro atoms. The lowest BCUT2D eigenvalue weighted by atomic mass is 10.0. The van der Waals surface area contributed by atoms with Gasteiger partial charge in [0.2, 0.25) is 0 Å². The van der Waals surface area contributed by atoms with Crippen LogP contribution in [0.1, 0.15) is 35.2 Å². The number of carbonyl (C=O) groups is 1. The average Bonchev–Trinajstić information content (AvgIpc) is 2.81. The summed E-state index contributed by atoms with van der Waals surface area (Å²) in [6.07, 6.45) is 4.23. The van der Waals surface area contributed by atoms with Crippen LogP contribution in [0, 0.1) is 30.6 Å². The van der Waals surface area contributed by atoms with E-state index in [4.69, 9.17) is 0 Å². The first-order chi connectivity index (χ1) is 9.15. The molecule has 3 fully saturated rings. The Morgan fingerprint density at radius 1 is 1.26 bits per heavy atom. The number of rotatable bonds is 2. The summed E-state index contributed by atoms with van der Waals surface area (Å²) < 4.78 is 1.06. The summed E-state index contributed by atoms with van der Waals surface area (Å²) >= 11 is 3.47. The van der Waals surface area contributed by atoms with Gasteiger partial charge in [-0.3, -0.25) is 4.79 Å². The van der Waals surface area contributed by atoms with Crippen molar-refractivity contribution >= 4 is 21.8 Å². The molecule has 2 bridgehead atoms. The van der Waals surface area contributed by atoms with E-state index in [0.29, 0.717) is 6.04 Å². The molecule has 0 radical (unpaired) electrons. The van der Waals surface area contributed by atoms with Gasteiger partial charge in [0.1, 0.15) is 0 Å². The Morgan fingerprint density at radius 3 is 2.58 bits per heavy atom. The molecule has 100 valence electrons. The lowest BCUT2D eigenvalue weighted by Crippen LogP contribution is -2.29. The SMILES string of the molecule is Cc1cc(C(=O)NC2C3C4CCC(C4)C23)ccc1Br. The molecule has 0 aliphatic heterocycles. The highest BCUT2D eigenvalue weighted by Crippen LogP contribution is 2.65. The van der Waals surface area contributed by atoms with E-state index < -0.39 is 0 Å². The molecule has 0 aromatic heterocycles. The van der Waals surface area contributed by atoms with Crippen LogP contribution in [0.25, 0.3) is 0 Å². The molecule has 1 aromatic rings. The van der Waals surface area contributed by atoms with Crippen molar-refractivity contribution in [2.24, 2.45) is 23.7 Å². The first kappa shape index (κ1) is 12.0. The third-order valence-corrected chi connectivity index (χ3v) is 6.34. The minimum absolute atomic E-state index is 0.106. The number of benzene rings is 1. The number of carbonyl (C=O) groups excluding carboxylic acids is 1. The number of hydrogen-bond donors (Lipinski definition) is 1. The van der Waals surface area contributed by atoms with E-state index in [0.717, 1.165) is 39.3 Å². The van der Waals surface area contributed by atoms with E-state index in [1.807, 2.05) is 25.1 Å². The summed E-state index contributed by atoms with van der Waals surface area (Å²) in [4.78, 5) is 12.3. The van der Waals surface area contributed by atoms with Crippen LogP contribution in [-0.2, 0) is 0 Å². The summed E-state index contributed by atoms with van der Waals surface area (Å²) in [5.41, 5.74) is 1.90. The second-order valence-corrected chi connectivity index (χ2v) is 7.31. The summed E-state index contributed by atoms with van der Waals surface area (Å²) in [5.74, 6) is 3.53. The van der Waals surface area contributed by atoms with Crippen molar-refractivity contribution < 1.29 is 4.79 Å². The largest absolute Gasteiger partial charge is 0.349 e. The van der Waals surface area contributed by atoms with Gasteiger partial charge in [0, 0.05) is 16.1 Å². The van der Waals surface area contributed by atoms with Crippen LogP contribution >= 0.6 is 15.9 Å². The fraction of sp³-hybridized carbons (Fsp3) is 0.562. The minimum atomic E-state index is 0.106. The molecule has 1 N–H and O–H groups in total. The molecule has 1 amide bonds. The third-order valence-electron chi connectivity index (χ3n) is 5.45. The summed E-state index contributed by atoms with van der Waals surface area (Å²) in [6.45, 7) is 2.02. The summed E-state index contributed by atoms with van der Waals surface area (Å²) in [5, 5.41) is 3.27. The van der Waals surface area contributed by atoms with E-state index in [9.17, 15) is 4.79 Å². The molecule has 1 aromatic carbocycles. The Kier molecular flexibility index (Phi) is 2.57. The van der Waals surface area contributed by atoms with Crippen molar-refractivity contribution in [1.29, 1.82) is 0 Å². The van der Waals surface area contributed by atoms with Gasteiger partial charge in [0.15, 0.2) is 0 Å². The van der Waals surface area contributed by atoms with Crippen molar-refractivity contribution in [3.63, 3.8) is 0 Å². The van der Waals surface area contributed by atoms with Crippen molar-refractivity contribution in [2.75, 3.05) is 0 Å². The molecule has 3 aliphatic carbocycles. The monoisotopic (exact) mass is 319 g/mol. The summed E-state index contributed by atoms with van der Waals surface area (Å²) in [7, 11) is 0. The first-order valence-corrected chi connectivity index (χ1v) is 8.01. The van der Waals surface area contributed by atoms with Crippen LogP contribution in [0.15, 0.2) is 22.7 Å². The van der Waals surface area contributed by atoms with Gasteiger partial charge in [-0.05, 0) is 73.6 Å². The zero-order chi connectivity index (χ0) is 13.1. The van der Waals surface area contributed by atoms with Gasteiger partial charge in [0.25, 0.3) is 5.91 Å². The molecule has 4 atom stereocenters. The fourth-order valence-electron chi connectivity index (χ4n) is 4.54. The maximum atomic E-state index is 12.3. The van der Waals surface area contributed by atoms with E-state index in [1.54, 1.807) is 0 Å². The topological polar surface area (TPSA) is 29.1 Å². The quantitative estimate of drug-likeness (QED) is 0.887. The van der Waals surface area contributed by atoms with Gasteiger partial charge in [-0.1, -0.05) is 15.9 Å². The Labute approximate surface area is 122 Å². The molecule has 4 unspecified atom stereocenters. The number of halogens is 1. The normalized spacial score (nSPS) is 38.1. The molecule has 4 rings (SSSR count). The van der Waals surface area contributed by atoms with Crippen LogP contribution in [0.4, 0.5) is 0 Å². The second kappa shape index (κ2) is 4.08. The lowest BCUT2D eigenvalue weighted by molar-refractivity contribution is 0.0944. The molecule has 3 saturated carbocycles. The molecule has 3 aliphatic rings. The van der Waals surface area contributed by atoms with Gasteiger partial charge in [-0.15, -0.1) is 0 Å². The molecule has 19 heavy (non-hydrogen) atoms. The van der Waals surface area contributed by atoms with Crippen molar-refractivity contribution in [2.45, 2.75) is 32.2 Å². The highest BCUT2D eigenvalue weighted by atomic mass is 79.9. The van der Waals surface area contributed by atoms with Crippen LogP contribution in [0.5, 0.6) is 0 Å². The number of nitrogens with one attached hydrogen (secondary N) is 1. The van der Waals surface area contributed by atoms with E-state index >= 15 is 0 Å². The van der Waals surface area contributed by atoms with Crippen LogP contribution in [0.3, 0.4) is 0 Å². The molecule has 2 nitrogen and oxygen atoms in total. The van der Waals surface area contributed by atoms with Crippen LogP contribution in [0.2, 0.25) is 0 Å². The Bertz CT molecular complexity index is 540. The van der Waals surface area contributed by atoms with Gasteiger partial charge >= 0.3 is 0 Å². The van der Waals surface area contributed by atoms with Crippen LogP contribution in [-0.4, -0.2) is 11.9 Å². The van der Waals surface area contributed by atoms with Crippen molar-refractivity contribution in [1.82, 2.24) is 5.32 Å². The predicted octanol–water partition coefficient (Wildman–Crippen LogP) is 3.53. The molecular formula is C16H18BrNO. The minimum Gasteiger partial charge on any atom is -0.349 e. The van der Waals surface area contributed by atoms with Crippen molar-refractivity contribution in [3.8, 4) is 0 Å². The fourth-order valence-corrected chi connectivity index (χ4v) is 4.79. The highest BCUT2D eigenvalue weighted by molar-refractivity contribution is 9.10. The number of aryl methyl sites for hydroxylation is 1. The Morgan fingerprint density at radius 2 is 1.95 bits per heavy atom. The zero-order valence-corrected chi connectivity index (χ0v) is 12.6. The molecule has 0 saturated heterocycles. The van der Waals surface area contributed by atoms with Gasteiger partial charge in [-0.25, -0.2) is 0 Å². The number of hydrogen-bond acceptors (Lipinski definition) is 1. The van der Waals surface area contributed by atoms with Crippen LogP contribution < -0.4 is 5.32 Å². The number of fused-ring (bicyclic) bond motifs is 5. The second-order valence-electron chi connectivity index (χ2n) is 6.45. The van der Waals surface area contributed by atoms with Gasteiger partial charge < -0.3 is 5.32 Å². The van der Waals surface area contributed by atoms with E-state index in [1.165, 1.54) is 19.3 Å². The van der Waals surface area contributed by atoms with E-state index in [-0.39, 0.29) is 5.91 Å². The maximum Gasteiger partial charge on any atom is 0.251 e. The number of amides is 1. The Hall–Kier alpha value is -0.830. The first-order valence-electron chi connectivity index (χ1n) is 7.22. The highest BCUT2D eigenvalue weighted by Gasteiger charge is 2.65. The zero-order valence-electron chi connectivity index (χ0n) is 11.0. The van der Waals surface area contributed by atoms with Gasteiger partial charge in [-0.2, -0.15) is 0 Å².